The smallest absolute Gasteiger partial charge is 0.141 e. The molecule has 1 fully saturated rings. The lowest BCUT2D eigenvalue weighted by Gasteiger charge is -2.12. The highest BCUT2D eigenvalue weighted by Crippen LogP contribution is 2.59. The normalized spacial score (nSPS) is 23.9. The Balaban J connectivity index is 1.99. The van der Waals surface area contributed by atoms with E-state index in [0.717, 1.165) is 5.56 Å². The number of alkyl halides is 1. The fourth-order valence-electron chi connectivity index (χ4n) is 2.52. The van der Waals surface area contributed by atoms with Crippen molar-refractivity contribution < 1.29 is 13.9 Å². The van der Waals surface area contributed by atoms with Gasteiger partial charge in [-0.25, -0.2) is 4.39 Å². The van der Waals surface area contributed by atoms with Crippen LogP contribution in [-0.2, 0) is 10.3 Å². The minimum absolute atomic E-state index is 0.145. The van der Waals surface area contributed by atoms with Gasteiger partial charge in [0.25, 0.3) is 0 Å². The Kier molecular flexibility index (Phi) is 3.82. The van der Waals surface area contributed by atoms with Gasteiger partial charge in [-0.3, -0.25) is 0 Å². The molecule has 1 saturated heterocycles. The van der Waals surface area contributed by atoms with Crippen molar-refractivity contribution in [1.29, 1.82) is 0 Å². The van der Waals surface area contributed by atoms with Crippen LogP contribution in [-0.4, -0.2) is 13.0 Å². The van der Waals surface area contributed by atoms with Crippen molar-refractivity contribution in [2.75, 3.05) is 13.0 Å². The maximum absolute atomic E-state index is 14.3. The van der Waals surface area contributed by atoms with Crippen LogP contribution >= 0.6 is 23.2 Å². The minimum atomic E-state index is -0.872. The number of halogens is 3. The summed E-state index contributed by atoms with van der Waals surface area (Å²) in [5.41, 5.74) is 0.362. The highest BCUT2D eigenvalue weighted by molar-refractivity contribution is 6.31. The molecular weight excluding hydrogens is 314 g/mol. The van der Waals surface area contributed by atoms with Crippen LogP contribution in [0.1, 0.15) is 17.2 Å². The van der Waals surface area contributed by atoms with E-state index in [9.17, 15) is 4.39 Å². The molecule has 3 rings (SSSR count). The molecule has 5 heteroatoms. The monoisotopic (exact) mass is 326 g/mol. The number of benzene rings is 2. The zero-order valence-corrected chi connectivity index (χ0v) is 12.8. The van der Waals surface area contributed by atoms with Gasteiger partial charge < -0.3 is 9.47 Å². The molecular formula is C16H13Cl2FO2. The molecule has 1 aliphatic heterocycles. The molecule has 0 N–H and O–H groups in total. The summed E-state index contributed by atoms with van der Waals surface area (Å²) >= 11 is 12.2. The van der Waals surface area contributed by atoms with Gasteiger partial charge in [-0.2, -0.15) is 0 Å². The van der Waals surface area contributed by atoms with Crippen LogP contribution < -0.4 is 4.74 Å². The Labute approximate surface area is 132 Å². The molecule has 2 atom stereocenters. The van der Waals surface area contributed by atoms with Crippen molar-refractivity contribution in [3.8, 4) is 5.75 Å². The Morgan fingerprint density at radius 2 is 2.05 bits per heavy atom. The first-order valence-corrected chi connectivity index (χ1v) is 7.36. The fraction of sp³-hybridized carbons (Fsp3) is 0.250. The number of hydrogen-bond acceptors (Lipinski definition) is 2. The van der Waals surface area contributed by atoms with Crippen molar-refractivity contribution in [2.24, 2.45) is 0 Å². The molecule has 0 radical (unpaired) electrons. The molecule has 21 heavy (non-hydrogen) atoms. The lowest BCUT2D eigenvalue weighted by molar-refractivity contribution is 0.309. The van der Waals surface area contributed by atoms with Crippen LogP contribution in [0, 0.1) is 5.82 Å². The second kappa shape index (κ2) is 5.48. The second-order valence-electron chi connectivity index (χ2n) is 4.89. The predicted molar refractivity (Wildman–Crippen MR) is 80.6 cm³/mol. The summed E-state index contributed by atoms with van der Waals surface area (Å²) in [5, 5.41) is 0.586. The first kappa shape index (κ1) is 14.6. The third-order valence-electron chi connectivity index (χ3n) is 3.71. The second-order valence-corrected chi connectivity index (χ2v) is 5.56. The van der Waals surface area contributed by atoms with Crippen LogP contribution in [0.5, 0.6) is 5.75 Å². The molecule has 0 aromatic heterocycles. The molecule has 0 bridgehead atoms. The van der Waals surface area contributed by atoms with Gasteiger partial charge >= 0.3 is 0 Å². The zero-order valence-electron chi connectivity index (χ0n) is 11.3. The number of ether oxygens (including phenoxy) is 2. The highest BCUT2D eigenvalue weighted by Gasteiger charge is 2.59. The third kappa shape index (κ3) is 2.39. The SMILES string of the molecule is COc1ccc(C2(CCl)OC2c2ccccc2Cl)c(F)c1. The van der Waals surface area contributed by atoms with Gasteiger partial charge in [0.1, 0.15) is 23.3 Å². The molecule has 0 spiro atoms. The highest BCUT2D eigenvalue weighted by atomic mass is 35.5. The van der Waals surface area contributed by atoms with Gasteiger partial charge in [0.15, 0.2) is 0 Å². The minimum Gasteiger partial charge on any atom is -0.497 e. The van der Waals surface area contributed by atoms with E-state index in [4.69, 9.17) is 32.7 Å². The van der Waals surface area contributed by atoms with E-state index in [0.29, 0.717) is 16.3 Å². The van der Waals surface area contributed by atoms with E-state index in [1.807, 2.05) is 18.2 Å². The van der Waals surface area contributed by atoms with Crippen LogP contribution in [0.4, 0.5) is 4.39 Å². The van der Waals surface area contributed by atoms with Crippen LogP contribution in [0.25, 0.3) is 0 Å². The first-order valence-electron chi connectivity index (χ1n) is 6.44. The number of epoxide rings is 1. The summed E-state index contributed by atoms with van der Waals surface area (Å²) in [6.07, 6.45) is -0.341. The van der Waals surface area contributed by atoms with Gasteiger partial charge in [-0.1, -0.05) is 29.8 Å². The molecule has 1 aliphatic rings. The van der Waals surface area contributed by atoms with E-state index >= 15 is 0 Å². The molecule has 0 amide bonds. The van der Waals surface area contributed by atoms with Crippen molar-refractivity contribution in [1.82, 2.24) is 0 Å². The van der Waals surface area contributed by atoms with E-state index in [1.165, 1.54) is 13.2 Å². The van der Waals surface area contributed by atoms with Crippen molar-refractivity contribution in [3.05, 3.63) is 64.4 Å². The van der Waals surface area contributed by atoms with Gasteiger partial charge in [0.2, 0.25) is 0 Å². The van der Waals surface area contributed by atoms with E-state index in [1.54, 1.807) is 18.2 Å². The van der Waals surface area contributed by atoms with Crippen molar-refractivity contribution in [3.63, 3.8) is 0 Å². The third-order valence-corrected chi connectivity index (χ3v) is 4.45. The van der Waals surface area contributed by atoms with Crippen LogP contribution in [0.15, 0.2) is 42.5 Å². The van der Waals surface area contributed by atoms with Gasteiger partial charge in [-0.05, 0) is 18.2 Å². The number of rotatable bonds is 4. The fourth-order valence-corrected chi connectivity index (χ4v) is 3.10. The quantitative estimate of drug-likeness (QED) is 0.600. The van der Waals surface area contributed by atoms with Gasteiger partial charge in [-0.15, -0.1) is 11.6 Å². The summed E-state index contributed by atoms with van der Waals surface area (Å²) in [7, 11) is 1.49. The van der Waals surface area contributed by atoms with E-state index < -0.39 is 11.4 Å². The van der Waals surface area contributed by atoms with E-state index in [-0.39, 0.29) is 12.0 Å². The predicted octanol–water partition coefficient (Wildman–Crippen LogP) is 4.69. The van der Waals surface area contributed by atoms with Gasteiger partial charge in [0, 0.05) is 22.2 Å². The van der Waals surface area contributed by atoms with Crippen LogP contribution in [0.2, 0.25) is 5.02 Å². The molecule has 0 saturated carbocycles. The molecule has 1 heterocycles. The van der Waals surface area contributed by atoms with E-state index in [2.05, 4.69) is 0 Å². The lowest BCUT2D eigenvalue weighted by atomic mass is 9.93. The Morgan fingerprint density at radius 3 is 2.67 bits per heavy atom. The topological polar surface area (TPSA) is 21.8 Å². The molecule has 110 valence electrons. The molecule has 2 unspecified atom stereocenters. The maximum atomic E-state index is 14.3. The maximum Gasteiger partial charge on any atom is 0.141 e. The van der Waals surface area contributed by atoms with Gasteiger partial charge in [0.05, 0.1) is 13.0 Å². The van der Waals surface area contributed by atoms with Crippen molar-refractivity contribution in [2.45, 2.75) is 11.7 Å². The average molecular weight is 327 g/mol. The summed E-state index contributed by atoms with van der Waals surface area (Å²) in [6, 6.07) is 12.0. The Bertz CT molecular complexity index is 677. The Hall–Kier alpha value is -1.29. The Morgan fingerprint density at radius 1 is 1.29 bits per heavy atom. The van der Waals surface area contributed by atoms with Crippen LogP contribution in [0.3, 0.4) is 0 Å². The standard InChI is InChI=1S/C16H13Cl2FO2/c1-20-10-6-7-12(14(19)8-10)16(9-17)15(21-16)11-4-2-3-5-13(11)18/h2-8,15H,9H2,1H3. The summed E-state index contributed by atoms with van der Waals surface area (Å²) in [6.45, 7) is 0. The average Bonchev–Trinajstić information content (AvgIpc) is 3.23. The molecule has 0 aliphatic carbocycles. The lowest BCUT2D eigenvalue weighted by Crippen LogP contribution is -2.14. The number of methoxy groups -OCH3 is 1. The molecule has 2 nitrogen and oxygen atoms in total. The first-order chi connectivity index (χ1) is 10.1. The largest absolute Gasteiger partial charge is 0.497 e. The van der Waals surface area contributed by atoms with Crippen molar-refractivity contribution >= 4 is 23.2 Å². The summed E-state index contributed by atoms with van der Waals surface area (Å²) in [4.78, 5) is 0. The number of hydrogen-bond donors (Lipinski definition) is 0. The molecule has 2 aromatic rings. The summed E-state index contributed by atoms with van der Waals surface area (Å²) < 4.78 is 25.1. The molecule has 2 aromatic carbocycles. The zero-order chi connectivity index (χ0) is 15.0. The summed E-state index contributed by atoms with van der Waals surface area (Å²) in [5.74, 6) is 0.201.